The molecule has 0 atom stereocenters. The van der Waals surface area contributed by atoms with Crippen molar-refractivity contribution in [2.45, 2.75) is 32.5 Å². The maximum absolute atomic E-state index is 13.0. The molecule has 0 saturated heterocycles. The first kappa shape index (κ1) is 17.6. The lowest BCUT2D eigenvalue weighted by Gasteiger charge is -2.24. The zero-order valence-corrected chi connectivity index (χ0v) is 13.9. The van der Waals surface area contributed by atoms with E-state index in [1.807, 2.05) is 6.07 Å². The van der Waals surface area contributed by atoms with Crippen molar-refractivity contribution in [3.63, 3.8) is 0 Å². The van der Waals surface area contributed by atoms with Crippen LogP contribution in [0, 0.1) is 0 Å². The fourth-order valence-corrected chi connectivity index (χ4v) is 3.06. The number of aromatic nitrogens is 1. The first-order chi connectivity index (χ1) is 10.8. The zero-order valence-electron chi connectivity index (χ0n) is 12.9. The largest absolute Gasteiger partial charge is 0.416 e. The van der Waals surface area contributed by atoms with Gasteiger partial charge in [0.05, 0.1) is 18.8 Å². The summed E-state index contributed by atoms with van der Waals surface area (Å²) in [7, 11) is -2.55. The van der Waals surface area contributed by atoms with Gasteiger partial charge in [0, 0.05) is 12.4 Å². The van der Waals surface area contributed by atoms with E-state index < -0.39 is 20.3 Å². The van der Waals surface area contributed by atoms with Gasteiger partial charge in [0.1, 0.15) is 0 Å². The molecule has 0 N–H and O–H groups in total. The van der Waals surface area contributed by atoms with Gasteiger partial charge in [-0.3, -0.25) is 4.98 Å². The molecule has 0 aliphatic rings. The molecule has 124 valence electrons. The molecule has 3 nitrogen and oxygen atoms in total. The van der Waals surface area contributed by atoms with Crippen molar-refractivity contribution in [3.05, 3.63) is 65.5 Å². The standard InChI is InChI=1S/C16H18F3NO2Si/c1-23(2,21-11-13-6-5-9-20-10-13)22-12-14-7-3-4-8-15(14)16(17,18)19/h3-10H,11-12H2,1-2H3. The van der Waals surface area contributed by atoms with Crippen LogP contribution in [0.25, 0.3) is 0 Å². The molecule has 0 radical (unpaired) electrons. The molecule has 1 aromatic heterocycles. The number of rotatable bonds is 6. The van der Waals surface area contributed by atoms with Crippen LogP contribution < -0.4 is 0 Å². The van der Waals surface area contributed by atoms with Crippen LogP contribution in [0.3, 0.4) is 0 Å². The first-order valence-corrected chi connectivity index (χ1v) is 9.91. The van der Waals surface area contributed by atoms with Gasteiger partial charge in [-0.2, -0.15) is 13.2 Å². The van der Waals surface area contributed by atoms with Gasteiger partial charge in [0.15, 0.2) is 0 Å². The summed E-state index contributed by atoms with van der Waals surface area (Å²) in [5.41, 5.74) is 0.343. The van der Waals surface area contributed by atoms with Crippen molar-refractivity contribution in [2.75, 3.05) is 0 Å². The average molecular weight is 341 g/mol. The number of pyridine rings is 1. The third-order valence-electron chi connectivity index (χ3n) is 3.21. The van der Waals surface area contributed by atoms with Crippen molar-refractivity contribution in [1.29, 1.82) is 0 Å². The van der Waals surface area contributed by atoms with E-state index in [9.17, 15) is 13.2 Å². The molecule has 0 amide bonds. The summed E-state index contributed by atoms with van der Waals surface area (Å²) < 4.78 is 50.3. The van der Waals surface area contributed by atoms with Gasteiger partial charge in [-0.25, -0.2) is 0 Å². The van der Waals surface area contributed by atoms with Crippen LogP contribution in [0.1, 0.15) is 16.7 Å². The van der Waals surface area contributed by atoms with E-state index >= 15 is 0 Å². The van der Waals surface area contributed by atoms with Crippen LogP contribution in [-0.4, -0.2) is 13.5 Å². The van der Waals surface area contributed by atoms with E-state index in [4.69, 9.17) is 8.85 Å². The predicted molar refractivity (Wildman–Crippen MR) is 82.7 cm³/mol. The molecule has 0 aliphatic carbocycles. The fourth-order valence-electron chi connectivity index (χ4n) is 1.96. The van der Waals surface area contributed by atoms with Crippen molar-refractivity contribution in [1.82, 2.24) is 4.98 Å². The Bertz CT molecular complexity index is 633. The molecule has 0 fully saturated rings. The molecule has 1 heterocycles. The first-order valence-electron chi connectivity index (χ1n) is 7.10. The van der Waals surface area contributed by atoms with Crippen LogP contribution in [0.2, 0.25) is 13.1 Å². The number of alkyl halides is 3. The molecule has 23 heavy (non-hydrogen) atoms. The number of benzene rings is 1. The normalized spacial score (nSPS) is 12.4. The quantitative estimate of drug-likeness (QED) is 0.723. The lowest BCUT2D eigenvalue weighted by Crippen LogP contribution is -2.34. The lowest BCUT2D eigenvalue weighted by molar-refractivity contribution is -0.138. The van der Waals surface area contributed by atoms with Crippen molar-refractivity contribution >= 4 is 8.56 Å². The van der Waals surface area contributed by atoms with Crippen molar-refractivity contribution in [3.8, 4) is 0 Å². The van der Waals surface area contributed by atoms with Crippen molar-refractivity contribution < 1.29 is 22.0 Å². The van der Waals surface area contributed by atoms with Crippen LogP contribution in [0.5, 0.6) is 0 Å². The fraction of sp³-hybridized carbons (Fsp3) is 0.312. The molecule has 0 spiro atoms. The maximum atomic E-state index is 13.0. The molecule has 7 heteroatoms. The summed E-state index contributed by atoms with van der Waals surface area (Å²) in [5, 5.41) is 0. The molecular weight excluding hydrogens is 323 g/mol. The van der Waals surface area contributed by atoms with Crippen LogP contribution in [0.4, 0.5) is 13.2 Å². The second-order valence-electron chi connectivity index (χ2n) is 5.49. The average Bonchev–Trinajstić information content (AvgIpc) is 2.52. The van der Waals surface area contributed by atoms with Gasteiger partial charge in [0.25, 0.3) is 0 Å². The van der Waals surface area contributed by atoms with Gasteiger partial charge >= 0.3 is 14.7 Å². The van der Waals surface area contributed by atoms with E-state index in [0.717, 1.165) is 11.6 Å². The van der Waals surface area contributed by atoms with E-state index in [0.29, 0.717) is 6.61 Å². The van der Waals surface area contributed by atoms with E-state index in [2.05, 4.69) is 4.98 Å². The van der Waals surface area contributed by atoms with E-state index in [1.54, 1.807) is 37.6 Å². The van der Waals surface area contributed by atoms with Gasteiger partial charge in [0.2, 0.25) is 0 Å². The molecule has 0 unspecified atom stereocenters. The number of nitrogens with zero attached hydrogens (tertiary/aromatic N) is 1. The topological polar surface area (TPSA) is 31.4 Å². The Morgan fingerprint density at radius 3 is 2.35 bits per heavy atom. The number of halogens is 3. The summed E-state index contributed by atoms with van der Waals surface area (Å²) in [6, 6.07) is 9.09. The SMILES string of the molecule is C[Si](C)(OCc1cccnc1)OCc1ccccc1C(F)(F)F. The van der Waals surface area contributed by atoms with Crippen LogP contribution in [0.15, 0.2) is 48.8 Å². The van der Waals surface area contributed by atoms with Crippen molar-refractivity contribution in [2.24, 2.45) is 0 Å². The second-order valence-corrected chi connectivity index (χ2v) is 8.87. The molecular formula is C16H18F3NO2Si. The molecule has 1 aromatic carbocycles. The summed E-state index contributed by atoms with van der Waals surface area (Å²) >= 11 is 0. The smallest absolute Gasteiger partial charge is 0.390 e. The summed E-state index contributed by atoms with van der Waals surface area (Å²) in [5.74, 6) is 0. The number of hydrogen-bond acceptors (Lipinski definition) is 3. The third kappa shape index (κ3) is 5.45. The number of hydrogen-bond donors (Lipinski definition) is 0. The van der Waals surface area contributed by atoms with Gasteiger partial charge in [-0.05, 0) is 36.4 Å². The Hall–Kier alpha value is -1.70. The van der Waals surface area contributed by atoms with Gasteiger partial charge in [-0.1, -0.05) is 24.3 Å². The monoisotopic (exact) mass is 341 g/mol. The van der Waals surface area contributed by atoms with Gasteiger partial charge in [-0.15, -0.1) is 0 Å². The van der Waals surface area contributed by atoms with E-state index in [-0.39, 0.29) is 12.2 Å². The Morgan fingerprint density at radius 1 is 1.00 bits per heavy atom. The maximum Gasteiger partial charge on any atom is 0.416 e. The summed E-state index contributed by atoms with van der Waals surface area (Å²) in [4.78, 5) is 3.99. The molecule has 2 rings (SSSR count). The summed E-state index contributed by atoms with van der Waals surface area (Å²) in [6.07, 6.45) is -1.04. The predicted octanol–water partition coefficient (Wildman–Crippen LogP) is 4.54. The van der Waals surface area contributed by atoms with E-state index in [1.165, 1.54) is 12.1 Å². The Balaban J connectivity index is 1.97. The van der Waals surface area contributed by atoms with Crippen LogP contribution >= 0.6 is 0 Å². The third-order valence-corrected chi connectivity index (χ3v) is 4.89. The minimum absolute atomic E-state index is 0.116. The Kier molecular flexibility index (Phi) is 5.56. The highest BCUT2D eigenvalue weighted by atomic mass is 28.4. The molecule has 2 aromatic rings. The summed E-state index contributed by atoms with van der Waals surface area (Å²) in [6.45, 7) is 3.81. The molecule has 0 aliphatic heterocycles. The molecule has 0 saturated carbocycles. The highest BCUT2D eigenvalue weighted by Gasteiger charge is 2.34. The molecule has 0 bridgehead atoms. The Morgan fingerprint density at radius 2 is 1.70 bits per heavy atom. The van der Waals surface area contributed by atoms with Crippen LogP contribution in [-0.2, 0) is 28.2 Å². The minimum atomic E-state index is -4.39. The second kappa shape index (κ2) is 7.25. The highest BCUT2D eigenvalue weighted by Crippen LogP contribution is 2.32. The minimum Gasteiger partial charge on any atom is -0.390 e. The zero-order chi connectivity index (χ0) is 16.9. The lowest BCUT2D eigenvalue weighted by atomic mass is 10.1. The highest BCUT2D eigenvalue weighted by molar-refractivity contribution is 6.64. The van der Waals surface area contributed by atoms with Gasteiger partial charge < -0.3 is 8.85 Å². The Labute approximate surface area is 134 Å².